The zero-order valence-corrected chi connectivity index (χ0v) is 13.8. The summed E-state index contributed by atoms with van der Waals surface area (Å²) in [6.07, 6.45) is 0. The Balaban J connectivity index is 0.00000196. The fraction of sp³-hybridized carbons (Fsp3) is 0. The smallest absolute Gasteiger partial charge is 0.354 e. The van der Waals surface area contributed by atoms with Crippen LogP contribution in [0.5, 0.6) is 0 Å². The van der Waals surface area contributed by atoms with Crippen LogP contribution in [0.4, 0.5) is 0 Å². The van der Waals surface area contributed by atoms with Crippen LogP contribution < -0.4 is 11.1 Å². The maximum atomic E-state index is 10.7. The second-order valence-corrected chi connectivity index (χ2v) is 2.27. The van der Waals surface area contributed by atoms with Gasteiger partial charge in [0.2, 0.25) is 0 Å². The van der Waals surface area contributed by atoms with Gasteiger partial charge in [-0.1, -0.05) is 0 Å². The molecule has 0 atom stereocenters. The predicted molar refractivity (Wildman–Crippen MR) is 47.4 cm³/mol. The van der Waals surface area contributed by atoms with Crippen molar-refractivity contribution in [2.24, 2.45) is 0 Å². The largest absolute Gasteiger partial charge is 0.477 e. The molecule has 0 unspecified atom stereocenters. The van der Waals surface area contributed by atoms with E-state index in [1.165, 1.54) is 0 Å². The maximum Gasteiger partial charge on any atom is 0.354 e. The minimum atomic E-state index is -1.64. The molecule has 1 radical (unpaired) electrons. The third-order valence-electron chi connectivity index (χ3n) is 1.36. The Morgan fingerprint density at radius 2 is 1.13 bits per heavy atom. The Bertz CT molecular complexity index is 468. The summed E-state index contributed by atoms with van der Waals surface area (Å²) in [6, 6.07) is 0. The molecule has 0 saturated heterocycles. The average molecular weight is 333 g/mol. The number of nitrogens with one attached hydrogen (secondary N) is 2. The zero-order valence-electron chi connectivity index (χ0n) is 7.53. The van der Waals surface area contributed by atoms with Crippen molar-refractivity contribution in [2.45, 2.75) is 0 Å². The maximum absolute atomic E-state index is 10.7. The van der Waals surface area contributed by atoms with Crippen LogP contribution >= 0.6 is 0 Å². The van der Waals surface area contributed by atoms with Crippen LogP contribution in [0.15, 0.2) is 9.59 Å². The molecule has 75 valence electrons. The van der Waals surface area contributed by atoms with Crippen LogP contribution in [0.25, 0.3) is 0 Å². The van der Waals surface area contributed by atoms with Crippen LogP contribution in [-0.4, -0.2) is 101 Å². The van der Waals surface area contributed by atoms with Gasteiger partial charge in [0.1, 0.15) is 0 Å². The van der Waals surface area contributed by atoms with Crippen LogP contribution in [0.2, 0.25) is 0 Å². The number of aromatic carboxylic acids is 2. The molecule has 1 aromatic rings. The first kappa shape index (κ1) is 14.7. The second-order valence-electron chi connectivity index (χ2n) is 2.27. The van der Waals surface area contributed by atoms with Crippen molar-refractivity contribution in [3.05, 3.63) is 32.1 Å². The summed E-state index contributed by atoms with van der Waals surface area (Å²) < 4.78 is 0. The number of aromatic nitrogens is 2. The summed E-state index contributed by atoms with van der Waals surface area (Å²) in [5, 5.41) is 16.9. The van der Waals surface area contributed by atoms with E-state index in [-0.39, 0.29) is 68.9 Å². The van der Waals surface area contributed by atoms with E-state index < -0.39 is 34.4 Å². The molecule has 4 N–H and O–H groups in total. The molecule has 0 aliphatic heterocycles. The summed E-state index contributed by atoms with van der Waals surface area (Å²) in [4.78, 5) is 45.5. The van der Waals surface area contributed by atoms with Gasteiger partial charge in [0.25, 0.3) is 0 Å². The van der Waals surface area contributed by atoms with Crippen molar-refractivity contribution >= 4 is 80.8 Å². The molecule has 8 nitrogen and oxygen atoms in total. The molecule has 1 heterocycles. The third-order valence-corrected chi connectivity index (χ3v) is 1.36. The van der Waals surface area contributed by atoms with Crippen molar-refractivity contribution in [1.29, 1.82) is 0 Å². The Morgan fingerprint density at radius 3 is 1.33 bits per heavy atom. The molecule has 0 fully saturated rings. The van der Waals surface area contributed by atoms with Gasteiger partial charge in [-0.2, -0.15) is 0 Å². The molecule has 0 saturated carbocycles. The Hall–Kier alpha value is -0.328. The first-order valence-electron chi connectivity index (χ1n) is 3.26. The molecular weight excluding hydrogens is 329 g/mol. The normalized spacial score (nSPS) is 9.07. The molecule has 0 aromatic carbocycles. The summed E-state index contributed by atoms with van der Waals surface area (Å²) in [5.41, 5.74) is -4.15. The minimum absolute atomic E-state index is 0. The molecule has 1 rings (SSSR count). The van der Waals surface area contributed by atoms with Gasteiger partial charge in [0, 0.05) is 68.9 Å². The minimum Gasteiger partial charge on any atom is -0.477 e. The van der Waals surface area contributed by atoms with Gasteiger partial charge >= 0.3 is 23.1 Å². The molecule has 9 heteroatoms. The van der Waals surface area contributed by atoms with Crippen molar-refractivity contribution in [3.63, 3.8) is 0 Å². The van der Waals surface area contributed by atoms with Crippen LogP contribution in [-0.2, 0) is 0 Å². The van der Waals surface area contributed by atoms with Gasteiger partial charge in [0.15, 0.2) is 11.4 Å². The number of hydrogen-bond donors (Lipinski definition) is 4. The SMILES string of the molecule is O=C(O)c1[nH]c(=O)c(=O)[nH]c1C(=O)O.[Cs]. The quantitative estimate of drug-likeness (QED) is 0.465. The first-order chi connectivity index (χ1) is 6.43. The number of H-pyrrole nitrogens is 2. The van der Waals surface area contributed by atoms with E-state index in [0.717, 1.165) is 0 Å². The molecule has 1 aromatic heterocycles. The molecule has 15 heavy (non-hydrogen) atoms. The van der Waals surface area contributed by atoms with E-state index in [1.54, 1.807) is 9.97 Å². The summed E-state index contributed by atoms with van der Waals surface area (Å²) in [6.45, 7) is 0. The molecule has 0 aliphatic rings. The predicted octanol–water partition coefficient (Wildman–Crippen LogP) is -1.92. The zero-order chi connectivity index (χ0) is 10.9. The van der Waals surface area contributed by atoms with Crippen molar-refractivity contribution in [2.75, 3.05) is 0 Å². The number of hydrogen-bond acceptors (Lipinski definition) is 4. The third kappa shape index (κ3) is 3.32. The molecular formula is C6H4CsN2O6. The summed E-state index contributed by atoms with van der Waals surface area (Å²) in [7, 11) is 0. The Kier molecular flexibility index (Phi) is 5.55. The fourth-order valence-electron chi connectivity index (χ4n) is 0.786. The number of rotatable bonds is 2. The first-order valence-corrected chi connectivity index (χ1v) is 3.26. The number of carboxylic acid groups (broad SMARTS) is 2. The van der Waals surface area contributed by atoms with E-state index in [4.69, 9.17) is 10.2 Å². The fourth-order valence-corrected chi connectivity index (χ4v) is 0.786. The van der Waals surface area contributed by atoms with Crippen molar-refractivity contribution < 1.29 is 19.8 Å². The van der Waals surface area contributed by atoms with Gasteiger partial charge in [-0.3, -0.25) is 9.59 Å². The van der Waals surface area contributed by atoms with E-state index >= 15 is 0 Å². The summed E-state index contributed by atoms with van der Waals surface area (Å²) >= 11 is 0. The van der Waals surface area contributed by atoms with E-state index in [2.05, 4.69) is 0 Å². The topological polar surface area (TPSA) is 140 Å². The standard InChI is InChI=1S/C6H4N2O6.Cs/c9-3-4(10)8-2(6(13)14)1(7-3)5(11)12;/h(H,7,9)(H,8,10)(H,11,12)(H,13,14);. The van der Waals surface area contributed by atoms with E-state index in [0.29, 0.717) is 0 Å². The monoisotopic (exact) mass is 333 g/mol. The molecule has 0 amide bonds. The molecule has 0 bridgehead atoms. The van der Waals surface area contributed by atoms with Gasteiger partial charge in [0.05, 0.1) is 0 Å². The van der Waals surface area contributed by atoms with Crippen LogP contribution in [0, 0.1) is 0 Å². The Labute approximate surface area is 140 Å². The second kappa shape index (κ2) is 5.67. The van der Waals surface area contributed by atoms with Gasteiger partial charge in [-0.25, -0.2) is 9.59 Å². The molecule has 0 spiro atoms. The van der Waals surface area contributed by atoms with Crippen LogP contribution in [0.1, 0.15) is 21.0 Å². The van der Waals surface area contributed by atoms with Gasteiger partial charge in [-0.05, 0) is 0 Å². The summed E-state index contributed by atoms with van der Waals surface area (Å²) in [5.74, 6) is -3.29. The van der Waals surface area contributed by atoms with Crippen molar-refractivity contribution in [1.82, 2.24) is 9.97 Å². The van der Waals surface area contributed by atoms with Crippen LogP contribution in [0.3, 0.4) is 0 Å². The van der Waals surface area contributed by atoms with Gasteiger partial charge < -0.3 is 20.2 Å². The number of carbonyl (C=O) groups is 2. The number of carboxylic acids is 2. The average Bonchev–Trinajstić information content (AvgIpc) is 2.08. The van der Waals surface area contributed by atoms with Crippen molar-refractivity contribution in [3.8, 4) is 0 Å². The van der Waals surface area contributed by atoms with E-state index in [1.807, 2.05) is 0 Å². The molecule has 0 aliphatic carbocycles. The van der Waals surface area contributed by atoms with E-state index in [9.17, 15) is 19.2 Å². The Morgan fingerprint density at radius 1 is 0.867 bits per heavy atom. The van der Waals surface area contributed by atoms with Gasteiger partial charge in [-0.15, -0.1) is 0 Å². The number of aromatic amines is 2.